The molecule has 1 amide bonds. The molecule has 20 heavy (non-hydrogen) atoms. The van der Waals surface area contributed by atoms with Crippen molar-refractivity contribution in [1.82, 2.24) is 0 Å². The number of aryl methyl sites for hydroxylation is 1. The lowest BCUT2D eigenvalue weighted by atomic mass is 10.1. The normalized spacial score (nSPS) is 9.75. The lowest BCUT2D eigenvalue weighted by Crippen LogP contribution is -2.11. The van der Waals surface area contributed by atoms with Crippen LogP contribution >= 0.6 is 11.6 Å². The smallest absolute Gasteiger partial charge is 0.291 e. The fourth-order valence-corrected chi connectivity index (χ4v) is 1.74. The Morgan fingerprint density at radius 1 is 1.40 bits per heavy atom. The predicted octanol–water partition coefficient (Wildman–Crippen LogP) is 2.84. The van der Waals surface area contributed by atoms with E-state index in [1.165, 1.54) is 12.1 Å². The molecule has 2 rings (SSSR count). The molecule has 1 aromatic heterocycles. The summed E-state index contributed by atoms with van der Waals surface area (Å²) >= 11 is 5.62. The summed E-state index contributed by atoms with van der Waals surface area (Å²) < 4.78 is 5.03. The number of halogens is 1. The van der Waals surface area contributed by atoms with Crippen LogP contribution in [-0.4, -0.2) is 17.6 Å². The van der Waals surface area contributed by atoms with Crippen LogP contribution in [0, 0.1) is 18.8 Å². The zero-order valence-corrected chi connectivity index (χ0v) is 11.5. The first-order chi connectivity index (χ1) is 9.60. The minimum absolute atomic E-state index is 0.138. The van der Waals surface area contributed by atoms with Gasteiger partial charge in [0.05, 0.1) is 0 Å². The highest BCUT2D eigenvalue weighted by Gasteiger charge is 2.11. The molecule has 0 fully saturated rings. The number of anilines is 1. The van der Waals surface area contributed by atoms with Crippen LogP contribution in [0.1, 0.15) is 21.7 Å². The molecule has 0 saturated heterocycles. The van der Waals surface area contributed by atoms with Gasteiger partial charge in [0.1, 0.15) is 6.61 Å². The summed E-state index contributed by atoms with van der Waals surface area (Å²) in [5.74, 6) is 5.15. The number of carbonyl (C=O) groups is 1. The molecule has 0 saturated carbocycles. The maximum absolute atomic E-state index is 11.9. The second kappa shape index (κ2) is 6.29. The average molecular weight is 290 g/mol. The Kier molecular flexibility index (Phi) is 4.46. The first-order valence-corrected chi connectivity index (χ1v) is 6.25. The number of aliphatic hydroxyl groups excluding tert-OH is 1. The van der Waals surface area contributed by atoms with Crippen molar-refractivity contribution in [2.75, 3.05) is 11.9 Å². The van der Waals surface area contributed by atoms with Crippen molar-refractivity contribution in [2.45, 2.75) is 6.92 Å². The molecule has 0 unspecified atom stereocenters. The van der Waals surface area contributed by atoms with Gasteiger partial charge in [-0.3, -0.25) is 4.79 Å². The van der Waals surface area contributed by atoms with Crippen molar-refractivity contribution in [2.24, 2.45) is 0 Å². The molecular weight excluding hydrogens is 278 g/mol. The number of carbonyl (C=O) groups excluding carboxylic acids is 1. The van der Waals surface area contributed by atoms with Crippen molar-refractivity contribution in [3.63, 3.8) is 0 Å². The van der Waals surface area contributed by atoms with Gasteiger partial charge in [0.25, 0.3) is 5.91 Å². The predicted molar refractivity (Wildman–Crippen MR) is 76.8 cm³/mol. The molecule has 0 aliphatic carbocycles. The van der Waals surface area contributed by atoms with Gasteiger partial charge in [-0.1, -0.05) is 17.9 Å². The number of amides is 1. The van der Waals surface area contributed by atoms with E-state index in [2.05, 4.69) is 17.2 Å². The van der Waals surface area contributed by atoms with Gasteiger partial charge in [-0.25, -0.2) is 0 Å². The van der Waals surface area contributed by atoms with Crippen LogP contribution < -0.4 is 5.32 Å². The number of benzene rings is 1. The molecule has 0 bridgehead atoms. The van der Waals surface area contributed by atoms with Gasteiger partial charge < -0.3 is 14.8 Å². The Hall–Kier alpha value is -2.22. The summed E-state index contributed by atoms with van der Waals surface area (Å²) in [6.07, 6.45) is 0. The topological polar surface area (TPSA) is 62.5 Å². The Morgan fingerprint density at radius 3 is 2.85 bits per heavy atom. The fourth-order valence-electron chi connectivity index (χ4n) is 1.60. The SMILES string of the molecule is Cc1ccc(NC(=O)c2ccc(Cl)o2)cc1C#CCO. The largest absolute Gasteiger partial charge is 0.440 e. The maximum Gasteiger partial charge on any atom is 0.291 e. The van der Waals surface area contributed by atoms with E-state index < -0.39 is 0 Å². The molecule has 2 aromatic rings. The summed E-state index contributed by atoms with van der Waals surface area (Å²) in [6, 6.07) is 8.34. The van der Waals surface area contributed by atoms with Crippen molar-refractivity contribution < 1.29 is 14.3 Å². The highest BCUT2D eigenvalue weighted by molar-refractivity contribution is 6.29. The van der Waals surface area contributed by atoms with Crippen LogP contribution in [-0.2, 0) is 0 Å². The summed E-state index contributed by atoms with van der Waals surface area (Å²) in [7, 11) is 0. The van der Waals surface area contributed by atoms with Gasteiger partial charge in [0, 0.05) is 11.3 Å². The molecule has 0 radical (unpaired) electrons. The van der Waals surface area contributed by atoms with Crippen LogP contribution in [0.4, 0.5) is 5.69 Å². The second-order valence-electron chi connectivity index (χ2n) is 4.05. The minimum Gasteiger partial charge on any atom is -0.440 e. The first-order valence-electron chi connectivity index (χ1n) is 5.87. The van der Waals surface area contributed by atoms with E-state index in [1.54, 1.807) is 12.1 Å². The number of hydrogen-bond donors (Lipinski definition) is 2. The van der Waals surface area contributed by atoms with E-state index in [0.29, 0.717) is 5.69 Å². The third-order valence-electron chi connectivity index (χ3n) is 2.59. The third-order valence-corrected chi connectivity index (χ3v) is 2.80. The van der Waals surface area contributed by atoms with E-state index in [4.69, 9.17) is 21.1 Å². The van der Waals surface area contributed by atoms with Crippen molar-refractivity contribution in [3.8, 4) is 11.8 Å². The molecule has 0 atom stereocenters. The molecular formula is C15H12ClNO3. The van der Waals surface area contributed by atoms with Gasteiger partial charge in [0.2, 0.25) is 0 Å². The summed E-state index contributed by atoms with van der Waals surface area (Å²) in [6.45, 7) is 1.69. The lowest BCUT2D eigenvalue weighted by molar-refractivity contribution is 0.0997. The van der Waals surface area contributed by atoms with Crippen LogP contribution in [0.25, 0.3) is 0 Å². The molecule has 1 heterocycles. The van der Waals surface area contributed by atoms with Gasteiger partial charge in [-0.15, -0.1) is 0 Å². The van der Waals surface area contributed by atoms with E-state index in [9.17, 15) is 4.79 Å². The summed E-state index contributed by atoms with van der Waals surface area (Å²) in [4.78, 5) is 11.9. The van der Waals surface area contributed by atoms with E-state index >= 15 is 0 Å². The number of aliphatic hydroxyl groups is 1. The number of hydrogen-bond acceptors (Lipinski definition) is 3. The Labute approximate surface area is 121 Å². The standard InChI is InChI=1S/C15H12ClNO3/c1-10-4-5-12(9-11(10)3-2-8-18)17-15(19)13-6-7-14(16)20-13/h4-7,9,18H,8H2,1H3,(H,17,19). The Morgan fingerprint density at radius 2 is 2.20 bits per heavy atom. The van der Waals surface area contributed by atoms with E-state index in [-0.39, 0.29) is 23.5 Å². The van der Waals surface area contributed by atoms with Gasteiger partial charge in [0.15, 0.2) is 11.0 Å². The summed E-state index contributed by atoms with van der Waals surface area (Å²) in [5, 5.41) is 11.6. The van der Waals surface area contributed by atoms with Gasteiger partial charge in [-0.2, -0.15) is 0 Å². The number of furan rings is 1. The van der Waals surface area contributed by atoms with Crippen molar-refractivity contribution >= 4 is 23.2 Å². The minimum atomic E-state index is -0.387. The Bertz CT molecular complexity index is 695. The molecule has 102 valence electrons. The zero-order valence-electron chi connectivity index (χ0n) is 10.7. The first kappa shape index (κ1) is 14.2. The van der Waals surface area contributed by atoms with Crippen LogP contribution in [0.15, 0.2) is 34.7 Å². The van der Waals surface area contributed by atoms with Gasteiger partial charge >= 0.3 is 0 Å². The lowest BCUT2D eigenvalue weighted by Gasteiger charge is -2.05. The monoisotopic (exact) mass is 289 g/mol. The number of rotatable bonds is 2. The molecule has 5 heteroatoms. The molecule has 0 aliphatic rings. The van der Waals surface area contributed by atoms with Crippen LogP contribution in [0.2, 0.25) is 5.22 Å². The molecule has 2 N–H and O–H groups in total. The molecule has 4 nitrogen and oxygen atoms in total. The van der Waals surface area contributed by atoms with Crippen molar-refractivity contribution in [1.29, 1.82) is 0 Å². The van der Waals surface area contributed by atoms with Crippen LogP contribution in [0.3, 0.4) is 0 Å². The van der Waals surface area contributed by atoms with Crippen molar-refractivity contribution in [3.05, 3.63) is 52.4 Å². The third kappa shape index (κ3) is 3.41. The second-order valence-corrected chi connectivity index (χ2v) is 4.42. The highest BCUT2D eigenvalue weighted by Crippen LogP contribution is 2.17. The molecule has 1 aromatic carbocycles. The zero-order chi connectivity index (χ0) is 14.5. The highest BCUT2D eigenvalue weighted by atomic mass is 35.5. The summed E-state index contributed by atoms with van der Waals surface area (Å²) in [5.41, 5.74) is 2.30. The van der Waals surface area contributed by atoms with Crippen LogP contribution in [0.5, 0.6) is 0 Å². The van der Waals surface area contributed by atoms with E-state index in [0.717, 1.165) is 11.1 Å². The quantitative estimate of drug-likeness (QED) is 0.836. The Balaban J connectivity index is 2.19. The fraction of sp³-hybridized carbons (Fsp3) is 0.133. The number of nitrogens with one attached hydrogen (secondary N) is 1. The average Bonchev–Trinajstić information content (AvgIpc) is 2.86. The van der Waals surface area contributed by atoms with E-state index in [1.807, 2.05) is 13.0 Å². The van der Waals surface area contributed by atoms with Gasteiger partial charge in [-0.05, 0) is 48.4 Å². The molecule has 0 aliphatic heterocycles. The maximum atomic E-state index is 11.9. The molecule has 0 spiro atoms.